The second-order valence-electron chi connectivity index (χ2n) is 8.95. The number of nitrogens with one attached hydrogen (secondary N) is 1. The summed E-state index contributed by atoms with van der Waals surface area (Å²) in [5.74, 6) is 0.432. The Morgan fingerprint density at radius 3 is 2.44 bits per heavy atom. The molecule has 1 N–H and O–H groups in total. The van der Waals surface area contributed by atoms with Crippen LogP contribution in [0.3, 0.4) is 0 Å². The summed E-state index contributed by atoms with van der Waals surface area (Å²) < 4.78 is 12.5. The van der Waals surface area contributed by atoms with Gasteiger partial charge in [0.15, 0.2) is 11.5 Å². The van der Waals surface area contributed by atoms with Gasteiger partial charge < -0.3 is 19.4 Å². The molecule has 1 atom stereocenters. The number of likely N-dealkylation sites (tertiary alicyclic amines) is 1. The van der Waals surface area contributed by atoms with Crippen LogP contribution in [0.2, 0.25) is 0 Å². The molecule has 0 aliphatic carbocycles. The van der Waals surface area contributed by atoms with Crippen molar-refractivity contribution in [3.8, 4) is 17.6 Å². The van der Waals surface area contributed by atoms with Gasteiger partial charge in [-0.15, -0.1) is 0 Å². The topological polar surface area (TPSA) is 113 Å². The minimum Gasteiger partial charge on any atom is -0.493 e. The molecule has 9 heteroatoms. The molecule has 0 spiro atoms. The van der Waals surface area contributed by atoms with E-state index in [1.165, 1.54) is 7.11 Å². The lowest BCUT2D eigenvalue weighted by Gasteiger charge is -2.39. The lowest BCUT2D eigenvalue weighted by molar-refractivity contribution is -0.141. The summed E-state index contributed by atoms with van der Waals surface area (Å²) in [6.07, 6.45) is 3.49. The van der Waals surface area contributed by atoms with Crippen LogP contribution in [0.4, 0.5) is 0 Å². The van der Waals surface area contributed by atoms with Gasteiger partial charge in [0.1, 0.15) is 11.7 Å². The Bertz CT molecular complexity index is 1540. The third-order valence-electron chi connectivity index (χ3n) is 6.60. The lowest BCUT2D eigenvalue weighted by Crippen LogP contribution is -2.53. The Labute approximate surface area is 195 Å². The number of carbonyl (C=O) groups is 1. The molecule has 1 aromatic carbocycles. The maximum absolute atomic E-state index is 14.1. The van der Waals surface area contributed by atoms with E-state index in [1.54, 1.807) is 41.1 Å². The summed E-state index contributed by atoms with van der Waals surface area (Å²) in [5, 5.41) is 11.7. The summed E-state index contributed by atoms with van der Waals surface area (Å²) >= 11 is 0. The molecule has 5 rings (SSSR count). The zero-order valence-electron chi connectivity index (χ0n) is 19.5. The molecular formula is C25H25N5O4. The van der Waals surface area contributed by atoms with Gasteiger partial charge in [-0.05, 0) is 24.1 Å². The highest BCUT2D eigenvalue weighted by Crippen LogP contribution is 2.37. The van der Waals surface area contributed by atoms with E-state index in [2.05, 4.69) is 16.0 Å². The van der Waals surface area contributed by atoms with Gasteiger partial charge in [0.05, 0.1) is 37.1 Å². The molecule has 1 aliphatic heterocycles. The Morgan fingerprint density at radius 1 is 1.15 bits per heavy atom. The maximum atomic E-state index is 14.1. The van der Waals surface area contributed by atoms with Gasteiger partial charge in [-0.25, -0.2) is 4.98 Å². The normalized spacial score (nSPS) is 15.0. The molecule has 0 saturated carbocycles. The van der Waals surface area contributed by atoms with Crippen LogP contribution in [-0.2, 0) is 4.79 Å². The van der Waals surface area contributed by atoms with E-state index < -0.39 is 6.04 Å². The number of fused-ring (bicyclic) bond motifs is 5. The molecule has 174 valence electrons. The third-order valence-corrected chi connectivity index (χ3v) is 6.60. The first kappa shape index (κ1) is 21.8. The molecule has 1 saturated heterocycles. The molecule has 1 fully saturated rings. The van der Waals surface area contributed by atoms with E-state index >= 15 is 0 Å². The molecule has 4 aromatic rings. The average molecular weight is 460 g/mol. The fourth-order valence-electron chi connectivity index (χ4n) is 4.85. The summed E-state index contributed by atoms with van der Waals surface area (Å²) in [7, 11) is 3.06. The number of aromatic amines is 1. The number of pyridine rings is 2. The van der Waals surface area contributed by atoms with Crippen molar-refractivity contribution in [2.24, 2.45) is 11.8 Å². The van der Waals surface area contributed by atoms with Crippen LogP contribution in [0, 0.1) is 23.2 Å². The fraction of sp³-hybridized carbons (Fsp3) is 0.360. The fourth-order valence-corrected chi connectivity index (χ4v) is 4.85. The monoisotopic (exact) mass is 459 g/mol. The number of nitrogens with zero attached hydrogens (tertiary/aromatic N) is 4. The predicted octanol–water partition coefficient (Wildman–Crippen LogP) is 3.23. The first-order chi connectivity index (χ1) is 16.4. The molecular weight excluding hydrogens is 434 g/mol. The van der Waals surface area contributed by atoms with Crippen molar-refractivity contribution in [1.29, 1.82) is 5.26 Å². The predicted molar refractivity (Wildman–Crippen MR) is 128 cm³/mol. The minimum atomic E-state index is -0.743. The number of benzene rings is 1. The molecule has 9 nitrogen and oxygen atoms in total. The average Bonchev–Trinajstić information content (AvgIpc) is 3.28. The van der Waals surface area contributed by atoms with E-state index in [0.717, 1.165) is 10.8 Å². The van der Waals surface area contributed by atoms with Gasteiger partial charge in [-0.3, -0.25) is 14.2 Å². The quantitative estimate of drug-likeness (QED) is 0.459. The highest BCUT2D eigenvalue weighted by Gasteiger charge is 2.38. The summed E-state index contributed by atoms with van der Waals surface area (Å²) in [6.45, 7) is 4.61. The first-order valence-electron chi connectivity index (χ1n) is 11.1. The number of aromatic nitrogens is 3. The number of rotatable bonds is 5. The third kappa shape index (κ3) is 3.10. The van der Waals surface area contributed by atoms with Crippen molar-refractivity contribution in [2.75, 3.05) is 27.3 Å². The smallest absolute Gasteiger partial charge is 0.259 e. The molecule has 1 unspecified atom stereocenters. The summed E-state index contributed by atoms with van der Waals surface area (Å²) in [6, 6.07) is 6.76. The van der Waals surface area contributed by atoms with Crippen molar-refractivity contribution in [3.05, 3.63) is 40.9 Å². The van der Waals surface area contributed by atoms with E-state index in [0.29, 0.717) is 46.5 Å². The van der Waals surface area contributed by atoms with Crippen molar-refractivity contribution in [1.82, 2.24) is 19.4 Å². The van der Waals surface area contributed by atoms with Gasteiger partial charge in [0.25, 0.3) is 5.56 Å². The van der Waals surface area contributed by atoms with E-state index in [9.17, 15) is 9.59 Å². The largest absolute Gasteiger partial charge is 0.493 e. The number of amides is 1. The van der Waals surface area contributed by atoms with Crippen LogP contribution in [-0.4, -0.2) is 52.7 Å². The molecule has 34 heavy (non-hydrogen) atoms. The minimum absolute atomic E-state index is 0.162. The number of nitriles is 1. The summed E-state index contributed by atoms with van der Waals surface area (Å²) in [5.41, 5.74) is 0.978. The van der Waals surface area contributed by atoms with Crippen LogP contribution in [0.1, 0.15) is 19.9 Å². The maximum Gasteiger partial charge on any atom is 0.259 e. The molecule has 3 aromatic heterocycles. The molecule has 0 radical (unpaired) electrons. The van der Waals surface area contributed by atoms with Gasteiger partial charge in [-0.1, -0.05) is 13.8 Å². The lowest BCUT2D eigenvalue weighted by atomic mass is 9.95. The Morgan fingerprint density at radius 2 is 1.82 bits per heavy atom. The van der Waals surface area contributed by atoms with Crippen LogP contribution >= 0.6 is 0 Å². The van der Waals surface area contributed by atoms with Crippen LogP contribution < -0.4 is 15.0 Å². The van der Waals surface area contributed by atoms with Crippen molar-refractivity contribution in [3.63, 3.8) is 0 Å². The zero-order valence-corrected chi connectivity index (χ0v) is 19.5. The molecule has 1 aliphatic rings. The Hall–Kier alpha value is -4.06. The van der Waals surface area contributed by atoms with Crippen LogP contribution in [0.15, 0.2) is 35.4 Å². The van der Waals surface area contributed by atoms with Crippen molar-refractivity contribution >= 4 is 38.6 Å². The van der Waals surface area contributed by atoms with E-state index in [4.69, 9.17) is 14.7 Å². The number of carbonyl (C=O) groups excluding carboxylic acids is 1. The first-order valence-corrected chi connectivity index (χ1v) is 11.1. The van der Waals surface area contributed by atoms with Gasteiger partial charge >= 0.3 is 0 Å². The van der Waals surface area contributed by atoms with Gasteiger partial charge in [0.2, 0.25) is 5.91 Å². The molecule has 1 amide bonds. The number of hydrogen-bond donors (Lipinski definition) is 1. The SMILES string of the molecule is COc1cc2c(=O)n(C(C(=O)N3CC(C#N)C3)C(C)C)c3c4cc[nH]c4ncc3c2cc1OC. The molecule has 4 heterocycles. The number of ether oxygens (including phenoxy) is 2. The van der Waals surface area contributed by atoms with Crippen LogP contribution in [0.25, 0.3) is 32.7 Å². The second-order valence-corrected chi connectivity index (χ2v) is 8.95. The number of methoxy groups -OCH3 is 2. The number of H-pyrrole nitrogens is 1. The van der Waals surface area contributed by atoms with Gasteiger partial charge in [0, 0.05) is 41.6 Å². The summed E-state index contributed by atoms with van der Waals surface area (Å²) in [4.78, 5) is 37.0. The van der Waals surface area contributed by atoms with Crippen molar-refractivity contribution in [2.45, 2.75) is 19.9 Å². The van der Waals surface area contributed by atoms with E-state index in [1.807, 2.05) is 19.9 Å². The zero-order chi connectivity index (χ0) is 24.1. The highest BCUT2D eigenvalue weighted by atomic mass is 16.5. The van der Waals surface area contributed by atoms with Gasteiger partial charge in [-0.2, -0.15) is 5.26 Å². The highest BCUT2D eigenvalue weighted by molar-refractivity contribution is 6.14. The van der Waals surface area contributed by atoms with Crippen molar-refractivity contribution < 1.29 is 14.3 Å². The standard InChI is InChI=1S/C25H25N5O4/c1-13(2)21(25(32)29-11-14(9-26)12-29)30-22-15-5-6-27-23(15)28-10-18(22)16-7-19(33-3)20(34-4)8-17(16)24(30)31/h5-8,10,13-14,21H,11-12H2,1-4H3,(H,27,28). The Balaban J connectivity index is 1.88. The second kappa shape index (κ2) is 8.06. The van der Waals surface area contributed by atoms with E-state index in [-0.39, 0.29) is 23.3 Å². The molecule has 0 bridgehead atoms. The number of hydrogen-bond acceptors (Lipinski definition) is 6. The van der Waals surface area contributed by atoms with Crippen LogP contribution in [0.5, 0.6) is 11.5 Å². The Kier molecular flexibility index (Phi) is 5.16.